The summed E-state index contributed by atoms with van der Waals surface area (Å²) in [6.45, 7) is 0. The molecule has 152 valence electrons. The van der Waals surface area contributed by atoms with Crippen molar-refractivity contribution < 1.29 is 18.3 Å². The fourth-order valence-electron chi connectivity index (χ4n) is 3.41. The van der Waals surface area contributed by atoms with Gasteiger partial charge in [0.25, 0.3) is 0 Å². The molecule has 4 aromatic rings. The van der Waals surface area contributed by atoms with E-state index in [9.17, 15) is 13.2 Å². The van der Waals surface area contributed by atoms with E-state index in [1.54, 1.807) is 24.4 Å². The number of rotatable bonds is 6. The number of hydrogen-bond acceptors (Lipinski definition) is 4. The molecular weight excluding hydrogens is 400 g/mol. The van der Waals surface area contributed by atoms with Gasteiger partial charge in [0.05, 0.1) is 4.90 Å². The Hall–Kier alpha value is -3.45. The zero-order valence-corrected chi connectivity index (χ0v) is 17.1. The van der Waals surface area contributed by atoms with Crippen molar-refractivity contribution in [1.82, 2.24) is 9.97 Å². The van der Waals surface area contributed by atoms with E-state index >= 15 is 0 Å². The lowest BCUT2D eigenvalue weighted by Gasteiger charge is -2.06. The van der Waals surface area contributed by atoms with E-state index in [1.807, 2.05) is 42.6 Å². The van der Waals surface area contributed by atoms with Gasteiger partial charge in [-0.2, -0.15) is 0 Å². The van der Waals surface area contributed by atoms with Gasteiger partial charge < -0.3 is 10.1 Å². The summed E-state index contributed by atoms with van der Waals surface area (Å²) < 4.78 is 23.8. The largest absolute Gasteiger partial charge is 0.481 e. The van der Waals surface area contributed by atoms with Gasteiger partial charge >= 0.3 is 5.97 Å². The summed E-state index contributed by atoms with van der Waals surface area (Å²) in [5.41, 5.74) is 5.28. The Balaban J connectivity index is 1.71. The van der Waals surface area contributed by atoms with E-state index in [2.05, 4.69) is 9.97 Å². The van der Waals surface area contributed by atoms with Gasteiger partial charge in [-0.25, -0.2) is 13.4 Å². The van der Waals surface area contributed by atoms with E-state index in [0.29, 0.717) is 6.42 Å². The molecule has 0 radical (unpaired) electrons. The van der Waals surface area contributed by atoms with E-state index in [1.165, 1.54) is 6.26 Å². The van der Waals surface area contributed by atoms with Crippen LogP contribution < -0.4 is 0 Å². The number of carboxylic acid groups (broad SMARTS) is 1. The summed E-state index contributed by atoms with van der Waals surface area (Å²) in [4.78, 5) is 18.7. The number of carboxylic acids is 1. The Morgan fingerprint density at radius 1 is 1.03 bits per heavy atom. The van der Waals surface area contributed by atoms with Crippen LogP contribution in [0.5, 0.6) is 0 Å². The number of carbonyl (C=O) groups is 1. The quantitative estimate of drug-likeness (QED) is 0.484. The molecule has 0 spiro atoms. The van der Waals surface area contributed by atoms with Crippen molar-refractivity contribution in [2.24, 2.45) is 0 Å². The molecule has 0 saturated heterocycles. The van der Waals surface area contributed by atoms with Crippen molar-refractivity contribution in [3.8, 4) is 22.3 Å². The van der Waals surface area contributed by atoms with Crippen LogP contribution in [0.1, 0.15) is 12.0 Å². The maximum atomic E-state index is 11.9. The lowest BCUT2D eigenvalue weighted by Crippen LogP contribution is -1.97. The minimum atomic E-state index is -3.29. The van der Waals surface area contributed by atoms with Crippen LogP contribution in [0.3, 0.4) is 0 Å². The van der Waals surface area contributed by atoms with Crippen LogP contribution in [0.25, 0.3) is 33.3 Å². The molecule has 2 aromatic heterocycles. The highest BCUT2D eigenvalue weighted by Gasteiger charge is 2.12. The van der Waals surface area contributed by atoms with E-state index in [4.69, 9.17) is 5.11 Å². The standard InChI is InChI=1S/C23H20N2O4S/c1-30(28,29)19-4-2-3-17(11-19)18-12-20-21(14-25-23(20)24-13-18)16-8-5-15(6-9-16)7-10-22(26)27/h2-6,8-9,11-14H,7,10H2,1H3,(H,24,25)(H,26,27). The van der Waals surface area contributed by atoms with Crippen LogP contribution in [-0.4, -0.2) is 35.7 Å². The third-order valence-electron chi connectivity index (χ3n) is 5.02. The highest BCUT2D eigenvalue weighted by Crippen LogP contribution is 2.31. The first-order valence-electron chi connectivity index (χ1n) is 9.40. The number of pyridine rings is 1. The van der Waals surface area contributed by atoms with Crippen molar-refractivity contribution in [3.05, 3.63) is 72.6 Å². The third-order valence-corrected chi connectivity index (χ3v) is 6.13. The summed E-state index contributed by atoms with van der Waals surface area (Å²) in [5.74, 6) is -0.811. The smallest absolute Gasteiger partial charge is 0.303 e. The number of aliphatic carboxylic acids is 1. The SMILES string of the molecule is CS(=O)(=O)c1cccc(-c2cnc3[nH]cc(-c4ccc(CCC(=O)O)cc4)c3c2)c1. The number of aromatic amines is 1. The summed E-state index contributed by atoms with van der Waals surface area (Å²) >= 11 is 0. The third kappa shape index (κ3) is 4.11. The summed E-state index contributed by atoms with van der Waals surface area (Å²) in [7, 11) is -3.29. The molecule has 30 heavy (non-hydrogen) atoms. The average Bonchev–Trinajstić information content (AvgIpc) is 3.15. The summed E-state index contributed by atoms with van der Waals surface area (Å²) in [6, 6.07) is 16.6. The average molecular weight is 420 g/mol. The number of H-pyrrole nitrogens is 1. The predicted molar refractivity (Wildman–Crippen MR) is 116 cm³/mol. The lowest BCUT2D eigenvalue weighted by atomic mass is 10.0. The molecule has 4 rings (SSSR count). The molecule has 0 atom stereocenters. The van der Waals surface area contributed by atoms with Gasteiger partial charge in [0, 0.05) is 41.6 Å². The Morgan fingerprint density at radius 2 is 1.80 bits per heavy atom. The molecule has 0 unspecified atom stereocenters. The molecular formula is C23H20N2O4S. The molecule has 0 aliphatic heterocycles. The number of aromatic nitrogens is 2. The second-order valence-electron chi connectivity index (χ2n) is 7.21. The van der Waals surface area contributed by atoms with Gasteiger partial charge in [0.1, 0.15) is 5.65 Å². The number of sulfone groups is 1. The minimum absolute atomic E-state index is 0.103. The van der Waals surface area contributed by atoms with Crippen molar-refractivity contribution in [3.63, 3.8) is 0 Å². The molecule has 2 N–H and O–H groups in total. The van der Waals surface area contributed by atoms with Crippen LogP contribution in [-0.2, 0) is 21.1 Å². The number of aryl methyl sites for hydroxylation is 1. The maximum absolute atomic E-state index is 11.9. The van der Waals surface area contributed by atoms with Gasteiger partial charge in [-0.15, -0.1) is 0 Å². The highest BCUT2D eigenvalue weighted by atomic mass is 32.2. The molecule has 2 heterocycles. The number of nitrogens with zero attached hydrogens (tertiary/aromatic N) is 1. The van der Waals surface area contributed by atoms with Crippen LogP contribution in [0.15, 0.2) is 71.9 Å². The van der Waals surface area contributed by atoms with Crippen LogP contribution in [0.2, 0.25) is 0 Å². The van der Waals surface area contributed by atoms with Crippen LogP contribution >= 0.6 is 0 Å². The van der Waals surface area contributed by atoms with E-state index in [0.717, 1.165) is 38.9 Å². The number of hydrogen-bond donors (Lipinski definition) is 2. The molecule has 7 heteroatoms. The van der Waals surface area contributed by atoms with Gasteiger partial charge in [-0.05, 0) is 41.3 Å². The van der Waals surface area contributed by atoms with Gasteiger partial charge in [0.15, 0.2) is 9.84 Å². The topological polar surface area (TPSA) is 100 Å². The van der Waals surface area contributed by atoms with Crippen LogP contribution in [0, 0.1) is 0 Å². The molecule has 0 aliphatic carbocycles. The second-order valence-corrected chi connectivity index (χ2v) is 9.23. The van der Waals surface area contributed by atoms with Gasteiger partial charge in [-0.3, -0.25) is 4.79 Å². The molecule has 0 fully saturated rings. The first-order valence-corrected chi connectivity index (χ1v) is 11.3. The lowest BCUT2D eigenvalue weighted by molar-refractivity contribution is -0.136. The predicted octanol–water partition coefficient (Wildman–Crippen LogP) is 4.32. The minimum Gasteiger partial charge on any atom is -0.481 e. The molecule has 0 amide bonds. The zero-order chi connectivity index (χ0) is 21.3. The Labute approximate surface area is 174 Å². The van der Waals surface area contributed by atoms with Crippen molar-refractivity contribution in [2.75, 3.05) is 6.26 Å². The Bertz CT molecular complexity index is 1340. The molecule has 2 aromatic carbocycles. The fourth-order valence-corrected chi connectivity index (χ4v) is 4.08. The van der Waals surface area contributed by atoms with Crippen molar-refractivity contribution >= 4 is 26.8 Å². The summed E-state index contributed by atoms with van der Waals surface area (Å²) in [6.07, 6.45) is 5.40. The second kappa shape index (κ2) is 7.76. The Kier molecular flexibility index (Phi) is 5.13. The van der Waals surface area contributed by atoms with Gasteiger partial charge in [0.2, 0.25) is 0 Å². The highest BCUT2D eigenvalue weighted by molar-refractivity contribution is 7.90. The normalized spacial score (nSPS) is 11.6. The number of fused-ring (bicyclic) bond motifs is 1. The monoisotopic (exact) mass is 420 g/mol. The van der Waals surface area contributed by atoms with E-state index in [-0.39, 0.29) is 11.3 Å². The maximum Gasteiger partial charge on any atom is 0.303 e. The molecule has 0 bridgehead atoms. The molecule has 0 aliphatic rings. The van der Waals surface area contributed by atoms with E-state index < -0.39 is 15.8 Å². The Morgan fingerprint density at radius 3 is 2.50 bits per heavy atom. The van der Waals surface area contributed by atoms with Gasteiger partial charge in [-0.1, -0.05) is 36.4 Å². The fraction of sp³-hybridized carbons (Fsp3) is 0.130. The summed E-state index contributed by atoms with van der Waals surface area (Å²) in [5, 5.41) is 9.76. The molecule has 6 nitrogen and oxygen atoms in total. The number of nitrogens with one attached hydrogen (secondary N) is 1. The molecule has 0 saturated carbocycles. The first kappa shape index (κ1) is 19.8. The zero-order valence-electron chi connectivity index (χ0n) is 16.3. The van der Waals surface area contributed by atoms with Crippen molar-refractivity contribution in [1.29, 1.82) is 0 Å². The van der Waals surface area contributed by atoms with Crippen LogP contribution in [0.4, 0.5) is 0 Å². The first-order chi connectivity index (χ1) is 14.3. The van der Waals surface area contributed by atoms with Crippen molar-refractivity contribution in [2.45, 2.75) is 17.7 Å². The number of benzene rings is 2.